The second kappa shape index (κ2) is 10.7. The third-order valence-corrected chi connectivity index (χ3v) is 6.79. The molecule has 0 saturated heterocycles. The Balaban J connectivity index is 1.79. The molecule has 0 atom stereocenters. The normalized spacial score (nSPS) is 15.0. The van der Waals surface area contributed by atoms with Gasteiger partial charge in [-0.05, 0) is 42.5 Å². The molecule has 0 radical (unpaired) electrons. The van der Waals surface area contributed by atoms with E-state index in [2.05, 4.69) is 21.0 Å². The van der Waals surface area contributed by atoms with Gasteiger partial charge in [0.05, 0.1) is 33.7 Å². The largest absolute Gasteiger partial charge is 0.485 e. The molecule has 8 nitrogen and oxygen atoms in total. The monoisotopic (exact) mass is 574 g/mol. The van der Waals surface area contributed by atoms with Gasteiger partial charge in [-0.2, -0.15) is 9.78 Å². The molecule has 36 heavy (non-hydrogen) atoms. The number of nitro benzene ring substituents is 1. The van der Waals surface area contributed by atoms with E-state index in [0.717, 1.165) is 36.6 Å². The summed E-state index contributed by atoms with van der Waals surface area (Å²) in [5.74, 6) is 0.741. The lowest BCUT2D eigenvalue weighted by Gasteiger charge is -2.22. The lowest BCUT2D eigenvalue weighted by atomic mass is 9.88. The number of nitro groups is 1. The number of hydrogen-bond donors (Lipinski definition) is 0. The number of hydrogen-bond acceptors (Lipinski definition) is 6. The van der Waals surface area contributed by atoms with Crippen LogP contribution in [-0.2, 0) is 0 Å². The van der Waals surface area contributed by atoms with Gasteiger partial charge in [-0.1, -0.05) is 67.6 Å². The van der Waals surface area contributed by atoms with Gasteiger partial charge in [0.1, 0.15) is 5.82 Å². The minimum Gasteiger partial charge on any atom is -0.485 e. The summed E-state index contributed by atoms with van der Waals surface area (Å²) in [6, 6.07) is 8.30. The maximum Gasteiger partial charge on any atom is 0.313 e. The van der Waals surface area contributed by atoms with E-state index >= 15 is 0 Å². The second-order valence-electron chi connectivity index (χ2n) is 10.3. The highest BCUT2D eigenvalue weighted by Gasteiger charge is 2.24. The van der Waals surface area contributed by atoms with Crippen molar-refractivity contribution >= 4 is 50.3 Å². The van der Waals surface area contributed by atoms with Gasteiger partial charge in [0.2, 0.25) is 5.75 Å². The molecule has 1 saturated carbocycles. The molecule has 2 aromatic carbocycles. The van der Waals surface area contributed by atoms with Crippen molar-refractivity contribution in [2.75, 3.05) is 6.61 Å². The van der Waals surface area contributed by atoms with Crippen molar-refractivity contribution in [2.24, 2.45) is 10.5 Å². The molecule has 1 aliphatic carbocycles. The topological polar surface area (TPSA) is 99.6 Å². The van der Waals surface area contributed by atoms with E-state index in [1.807, 2.05) is 32.9 Å². The summed E-state index contributed by atoms with van der Waals surface area (Å²) >= 11 is 9.81. The average Bonchev–Trinajstić information content (AvgIpc) is 2.82. The molecule has 1 fully saturated rings. The third-order valence-electron chi connectivity index (χ3n) is 6.02. The molecule has 0 N–H and O–H groups in total. The summed E-state index contributed by atoms with van der Waals surface area (Å²) in [7, 11) is 0. The molecule has 1 heterocycles. The van der Waals surface area contributed by atoms with Crippen molar-refractivity contribution in [3.8, 4) is 5.75 Å². The minimum absolute atomic E-state index is 0.0195. The summed E-state index contributed by atoms with van der Waals surface area (Å²) in [5.41, 5.74) is 0.254. The maximum absolute atomic E-state index is 13.5. The first-order valence-electron chi connectivity index (χ1n) is 11.9. The van der Waals surface area contributed by atoms with E-state index in [0.29, 0.717) is 22.3 Å². The zero-order valence-electron chi connectivity index (χ0n) is 20.5. The van der Waals surface area contributed by atoms with E-state index in [-0.39, 0.29) is 40.0 Å². The van der Waals surface area contributed by atoms with Crippen LogP contribution in [0, 0.1) is 15.5 Å². The van der Waals surface area contributed by atoms with Gasteiger partial charge in [-0.15, -0.1) is 0 Å². The van der Waals surface area contributed by atoms with Crippen LogP contribution in [0.2, 0.25) is 5.02 Å². The summed E-state index contributed by atoms with van der Waals surface area (Å²) in [6.07, 6.45) is 6.57. The molecule has 0 spiro atoms. The number of rotatable bonds is 6. The number of benzene rings is 2. The van der Waals surface area contributed by atoms with Crippen molar-refractivity contribution in [3.63, 3.8) is 0 Å². The van der Waals surface area contributed by atoms with Crippen LogP contribution >= 0.6 is 27.5 Å². The smallest absolute Gasteiger partial charge is 0.313 e. The van der Waals surface area contributed by atoms with E-state index in [1.165, 1.54) is 17.0 Å². The fourth-order valence-electron chi connectivity index (χ4n) is 4.27. The van der Waals surface area contributed by atoms with E-state index in [9.17, 15) is 14.9 Å². The van der Waals surface area contributed by atoms with Crippen LogP contribution in [-0.4, -0.2) is 27.4 Å². The van der Waals surface area contributed by atoms with Crippen LogP contribution in [0.3, 0.4) is 0 Å². The first-order chi connectivity index (χ1) is 17.0. The molecule has 0 aliphatic heterocycles. The maximum atomic E-state index is 13.5. The highest BCUT2D eigenvalue weighted by atomic mass is 79.9. The van der Waals surface area contributed by atoms with E-state index in [1.54, 1.807) is 12.1 Å². The number of aromatic nitrogens is 2. The quantitative estimate of drug-likeness (QED) is 0.178. The highest BCUT2D eigenvalue weighted by molar-refractivity contribution is 9.10. The zero-order chi connectivity index (χ0) is 26.0. The Morgan fingerprint density at radius 1 is 1.25 bits per heavy atom. The zero-order valence-corrected chi connectivity index (χ0v) is 22.8. The predicted octanol–water partition coefficient (Wildman–Crippen LogP) is 7.08. The van der Waals surface area contributed by atoms with Gasteiger partial charge in [0.25, 0.3) is 5.56 Å². The number of ether oxygens (including phenoxy) is 1. The fraction of sp³-hybridized carbons (Fsp3) is 0.423. The molecular formula is C26H28BrClN4O4. The van der Waals surface area contributed by atoms with Crippen LogP contribution in [0.15, 0.2) is 44.7 Å². The minimum atomic E-state index is -0.532. The van der Waals surface area contributed by atoms with Crippen molar-refractivity contribution < 1.29 is 9.66 Å². The highest BCUT2D eigenvalue weighted by Crippen LogP contribution is 2.37. The molecule has 0 unspecified atom stereocenters. The molecule has 1 aliphatic rings. The van der Waals surface area contributed by atoms with Crippen molar-refractivity contribution in [2.45, 2.75) is 58.8 Å². The summed E-state index contributed by atoms with van der Waals surface area (Å²) in [6.45, 7) is 6.15. The van der Waals surface area contributed by atoms with Crippen LogP contribution in [0.1, 0.15) is 70.2 Å². The standard InChI is InChI=1S/C26H28BrClN4O4/c1-26(2,3)15-36-23-20(28)11-16(12-22(23)32(34)35)14-29-31-24(17-7-5-4-6-8-17)30-21-10-9-18(27)13-19(21)25(31)33/h9-14,17H,4-8,15H2,1-3H3. The fourth-order valence-corrected chi connectivity index (χ4v) is 4.91. The van der Waals surface area contributed by atoms with Gasteiger partial charge >= 0.3 is 5.69 Å². The summed E-state index contributed by atoms with van der Waals surface area (Å²) in [5, 5.41) is 16.8. The molecular weight excluding hydrogens is 548 g/mol. The Bertz CT molecular complexity index is 1390. The van der Waals surface area contributed by atoms with Gasteiger partial charge in [0.15, 0.2) is 0 Å². The first-order valence-corrected chi connectivity index (χ1v) is 13.1. The molecule has 4 rings (SSSR count). The summed E-state index contributed by atoms with van der Waals surface area (Å²) in [4.78, 5) is 29.5. The van der Waals surface area contributed by atoms with Crippen LogP contribution in [0.5, 0.6) is 5.75 Å². The molecule has 0 amide bonds. The van der Waals surface area contributed by atoms with Gasteiger partial charge in [-0.3, -0.25) is 14.9 Å². The second-order valence-corrected chi connectivity index (χ2v) is 11.6. The van der Waals surface area contributed by atoms with Crippen molar-refractivity contribution in [3.05, 3.63) is 71.7 Å². The number of fused-ring (bicyclic) bond motifs is 1. The lowest BCUT2D eigenvalue weighted by Crippen LogP contribution is -2.25. The van der Waals surface area contributed by atoms with E-state index in [4.69, 9.17) is 21.3 Å². The Morgan fingerprint density at radius 3 is 2.64 bits per heavy atom. The molecule has 0 bridgehead atoms. The SMILES string of the molecule is CC(C)(C)COc1c(Cl)cc(C=Nn2c(C3CCCCC3)nc3ccc(Br)cc3c2=O)cc1[N+](=O)[O-]. The Morgan fingerprint density at radius 2 is 1.97 bits per heavy atom. The van der Waals surface area contributed by atoms with Gasteiger partial charge in [-0.25, -0.2) is 4.98 Å². The van der Waals surface area contributed by atoms with Gasteiger partial charge < -0.3 is 4.74 Å². The van der Waals surface area contributed by atoms with Crippen LogP contribution in [0.4, 0.5) is 5.69 Å². The third kappa shape index (κ3) is 5.95. The Hall–Kier alpha value is -2.78. The molecule has 10 heteroatoms. The number of nitrogens with zero attached hydrogens (tertiary/aromatic N) is 4. The van der Waals surface area contributed by atoms with Gasteiger partial charge in [0, 0.05) is 22.0 Å². The predicted molar refractivity (Wildman–Crippen MR) is 146 cm³/mol. The lowest BCUT2D eigenvalue weighted by molar-refractivity contribution is -0.385. The van der Waals surface area contributed by atoms with Crippen LogP contribution < -0.4 is 10.3 Å². The molecule has 3 aromatic rings. The summed E-state index contributed by atoms with van der Waals surface area (Å²) < 4.78 is 7.80. The van der Waals surface area contributed by atoms with E-state index < -0.39 is 4.92 Å². The Kier molecular flexibility index (Phi) is 7.80. The average molecular weight is 576 g/mol. The van der Waals surface area contributed by atoms with Crippen molar-refractivity contribution in [1.82, 2.24) is 9.66 Å². The van der Waals surface area contributed by atoms with Crippen molar-refractivity contribution in [1.29, 1.82) is 0 Å². The first kappa shape index (κ1) is 26.3. The van der Waals surface area contributed by atoms with Crippen LogP contribution in [0.25, 0.3) is 10.9 Å². The Labute approximate surface area is 222 Å². The number of halogens is 2. The molecule has 190 valence electrons. The molecule has 1 aromatic heterocycles.